The Balaban J connectivity index is 2.15. The van der Waals surface area contributed by atoms with Gasteiger partial charge in [0.25, 0.3) is 5.91 Å². The van der Waals surface area contributed by atoms with Gasteiger partial charge in [0, 0.05) is 11.3 Å². The number of carbonyl (C=O) groups excluding carboxylic acids is 1. The second kappa shape index (κ2) is 8.77. The van der Waals surface area contributed by atoms with E-state index in [-0.39, 0.29) is 11.9 Å². The summed E-state index contributed by atoms with van der Waals surface area (Å²) < 4.78 is 35.9. The molecule has 0 radical (unpaired) electrons. The van der Waals surface area contributed by atoms with Gasteiger partial charge in [-0.25, -0.2) is 8.42 Å². The largest absolute Gasteiger partial charge is 0.493 e. The molecule has 27 heavy (non-hydrogen) atoms. The molecule has 2 rings (SSSR count). The number of carbonyl (C=O) groups is 1. The van der Waals surface area contributed by atoms with Gasteiger partial charge in [0.05, 0.1) is 26.0 Å². The molecule has 146 valence electrons. The van der Waals surface area contributed by atoms with Gasteiger partial charge in [-0.3, -0.25) is 9.52 Å². The van der Waals surface area contributed by atoms with Crippen molar-refractivity contribution in [1.82, 2.24) is 5.32 Å². The van der Waals surface area contributed by atoms with Crippen molar-refractivity contribution in [2.24, 2.45) is 0 Å². The quantitative estimate of drug-likeness (QED) is 0.720. The molecule has 7 nitrogen and oxygen atoms in total. The second-order valence-electron chi connectivity index (χ2n) is 5.99. The van der Waals surface area contributed by atoms with E-state index in [4.69, 9.17) is 9.47 Å². The highest BCUT2D eigenvalue weighted by atomic mass is 32.2. The van der Waals surface area contributed by atoms with Crippen LogP contribution in [0.15, 0.2) is 42.5 Å². The Bertz CT molecular complexity index is 912. The van der Waals surface area contributed by atoms with E-state index in [1.807, 2.05) is 26.0 Å². The molecule has 0 aliphatic rings. The van der Waals surface area contributed by atoms with Crippen molar-refractivity contribution in [3.63, 3.8) is 0 Å². The van der Waals surface area contributed by atoms with Crippen molar-refractivity contribution < 1.29 is 22.7 Å². The molecule has 8 heteroatoms. The number of anilines is 1. The number of methoxy groups -OCH3 is 1. The molecule has 1 amide bonds. The minimum Gasteiger partial charge on any atom is -0.493 e. The standard InChI is InChI=1S/C19H24N2O5S/c1-5-26-17-10-9-14(12-18(17)25-3)13(2)20-19(22)15-7-6-8-16(11-15)21-27(4,23)24/h6-13,21H,5H2,1-4H3,(H,20,22). The Kier molecular flexibility index (Phi) is 6.68. The van der Waals surface area contributed by atoms with E-state index >= 15 is 0 Å². The molecule has 0 aliphatic heterocycles. The summed E-state index contributed by atoms with van der Waals surface area (Å²) in [5.74, 6) is 0.920. The molecule has 1 unspecified atom stereocenters. The summed E-state index contributed by atoms with van der Waals surface area (Å²) in [6.07, 6.45) is 1.06. The predicted molar refractivity (Wildman–Crippen MR) is 105 cm³/mol. The highest BCUT2D eigenvalue weighted by Crippen LogP contribution is 2.30. The van der Waals surface area contributed by atoms with Gasteiger partial charge in [-0.2, -0.15) is 0 Å². The van der Waals surface area contributed by atoms with Crippen LogP contribution in [-0.4, -0.2) is 34.3 Å². The van der Waals surface area contributed by atoms with Crippen LogP contribution >= 0.6 is 0 Å². The van der Waals surface area contributed by atoms with Crippen LogP contribution in [0, 0.1) is 0 Å². The lowest BCUT2D eigenvalue weighted by Gasteiger charge is -2.17. The zero-order valence-electron chi connectivity index (χ0n) is 15.8. The average Bonchev–Trinajstić information content (AvgIpc) is 2.61. The van der Waals surface area contributed by atoms with Gasteiger partial charge in [-0.15, -0.1) is 0 Å². The predicted octanol–water partition coefficient (Wildman–Crippen LogP) is 2.96. The number of amides is 1. The van der Waals surface area contributed by atoms with Crippen molar-refractivity contribution >= 4 is 21.6 Å². The topological polar surface area (TPSA) is 93.7 Å². The van der Waals surface area contributed by atoms with E-state index in [0.29, 0.717) is 29.4 Å². The zero-order chi connectivity index (χ0) is 20.0. The third-order valence-electron chi connectivity index (χ3n) is 3.76. The number of hydrogen-bond acceptors (Lipinski definition) is 5. The number of rotatable bonds is 8. The van der Waals surface area contributed by atoms with Gasteiger partial charge in [-0.05, 0) is 49.7 Å². The molecule has 0 aromatic heterocycles. The maximum Gasteiger partial charge on any atom is 0.251 e. The Morgan fingerprint density at radius 3 is 2.52 bits per heavy atom. The average molecular weight is 392 g/mol. The maximum absolute atomic E-state index is 12.5. The van der Waals surface area contributed by atoms with E-state index in [9.17, 15) is 13.2 Å². The van der Waals surface area contributed by atoms with Crippen LogP contribution in [-0.2, 0) is 10.0 Å². The fourth-order valence-corrected chi connectivity index (χ4v) is 3.08. The zero-order valence-corrected chi connectivity index (χ0v) is 16.6. The lowest BCUT2D eigenvalue weighted by Crippen LogP contribution is -2.26. The van der Waals surface area contributed by atoms with Crippen LogP contribution in [0.2, 0.25) is 0 Å². The molecule has 0 bridgehead atoms. The number of ether oxygens (including phenoxy) is 2. The summed E-state index contributed by atoms with van der Waals surface area (Å²) in [4.78, 5) is 12.5. The summed E-state index contributed by atoms with van der Waals surface area (Å²) >= 11 is 0. The third-order valence-corrected chi connectivity index (χ3v) is 4.37. The van der Waals surface area contributed by atoms with Crippen molar-refractivity contribution in [3.8, 4) is 11.5 Å². The van der Waals surface area contributed by atoms with Crippen LogP contribution in [0.5, 0.6) is 11.5 Å². The molecule has 0 heterocycles. The van der Waals surface area contributed by atoms with E-state index in [2.05, 4.69) is 10.0 Å². The minimum absolute atomic E-state index is 0.284. The van der Waals surface area contributed by atoms with E-state index < -0.39 is 10.0 Å². The normalized spacial score (nSPS) is 12.1. The molecular formula is C19H24N2O5S. The van der Waals surface area contributed by atoms with E-state index in [0.717, 1.165) is 11.8 Å². The first-order valence-electron chi connectivity index (χ1n) is 8.43. The number of nitrogens with one attached hydrogen (secondary N) is 2. The Labute approximate surface area is 159 Å². The lowest BCUT2D eigenvalue weighted by molar-refractivity contribution is 0.0940. The maximum atomic E-state index is 12.5. The second-order valence-corrected chi connectivity index (χ2v) is 7.74. The minimum atomic E-state index is -3.41. The summed E-state index contributed by atoms with van der Waals surface area (Å²) in [7, 11) is -1.85. The molecule has 2 N–H and O–H groups in total. The smallest absolute Gasteiger partial charge is 0.251 e. The highest BCUT2D eigenvalue weighted by molar-refractivity contribution is 7.92. The molecule has 0 aliphatic carbocycles. The van der Waals surface area contributed by atoms with Gasteiger partial charge >= 0.3 is 0 Å². The molecule has 0 fully saturated rings. The number of hydrogen-bond donors (Lipinski definition) is 2. The fraction of sp³-hybridized carbons (Fsp3) is 0.316. The molecule has 0 saturated heterocycles. The molecule has 0 spiro atoms. The Morgan fingerprint density at radius 2 is 1.89 bits per heavy atom. The first-order valence-corrected chi connectivity index (χ1v) is 10.3. The first-order chi connectivity index (χ1) is 12.7. The van der Waals surface area contributed by atoms with Crippen molar-refractivity contribution in [2.45, 2.75) is 19.9 Å². The van der Waals surface area contributed by atoms with Gasteiger partial charge in [-0.1, -0.05) is 12.1 Å². The summed E-state index contributed by atoms with van der Waals surface area (Å²) in [6.45, 7) is 4.27. The fourth-order valence-electron chi connectivity index (χ4n) is 2.53. The van der Waals surface area contributed by atoms with Crippen LogP contribution in [0.25, 0.3) is 0 Å². The van der Waals surface area contributed by atoms with Gasteiger partial charge in [0.2, 0.25) is 10.0 Å². The molecule has 2 aromatic carbocycles. The SMILES string of the molecule is CCOc1ccc(C(C)NC(=O)c2cccc(NS(C)(=O)=O)c2)cc1OC. The monoisotopic (exact) mass is 392 g/mol. The van der Waals surface area contributed by atoms with Crippen LogP contribution in [0.4, 0.5) is 5.69 Å². The summed E-state index contributed by atoms with van der Waals surface area (Å²) in [5.41, 5.74) is 1.54. The lowest BCUT2D eigenvalue weighted by atomic mass is 10.1. The summed E-state index contributed by atoms with van der Waals surface area (Å²) in [6, 6.07) is 11.5. The van der Waals surface area contributed by atoms with Gasteiger partial charge in [0.1, 0.15) is 0 Å². The number of benzene rings is 2. The van der Waals surface area contributed by atoms with Gasteiger partial charge in [0.15, 0.2) is 11.5 Å². The summed E-state index contributed by atoms with van der Waals surface area (Å²) in [5, 5.41) is 2.89. The van der Waals surface area contributed by atoms with E-state index in [1.54, 1.807) is 31.4 Å². The third kappa shape index (κ3) is 5.89. The molecule has 0 saturated carbocycles. The number of sulfonamides is 1. The van der Waals surface area contributed by atoms with Crippen molar-refractivity contribution in [2.75, 3.05) is 24.7 Å². The Hall–Kier alpha value is -2.74. The van der Waals surface area contributed by atoms with E-state index in [1.165, 1.54) is 6.07 Å². The molecule has 2 aromatic rings. The van der Waals surface area contributed by atoms with Crippen LogP contribution < -0.4 is 19.5 Å². The highest BCUT2D eigenvalue weighted by Gasteiger charge is 2.15. The van der Waals surface area contributed by atoms with Crippen LogP contribution in [0.1, 0.15) is 35.8 Å². The molecular weight excluding hydrogens is 368 g/mol. The van der Waals surface area contributed by atoms with Crippen LogP contribution in [0.3, 0.4) is 0 Å². The van der Waals surface area contributed by atoms with Gasteiger partial charge < -0.3 is 14.8 Å². The molecule has 1 atom stereocenters. The van der Waals surface area contributed by atoms with Crippen molar-refractivity contribution in [1.29, 1.82) is 0 Å². The first kappa shape index (κ1) is 20.6. The Morgan fingerprint density at radius 1 is 1.15 bits per heavy atom. The van der Waals surface area contributed by atoms with Crippen molar-refractivity contribution in [3.05, 3.63) is 53.6 Å².